The number of aliphatic hydroxyl groups is 9. The van der Waals surface area contributed by atoms with E-state index in [0.717, 1.165) is 12.8 Å². The van der Waals surface area contributed by atoms with E-state index < -0.39 is 182 Å². The highest BCUT2D eigenvalue weighted by atomic mass is 16.8. The number of aliphatic hydroxyl groups excluding tert-OH is 9. The van der Waals surface area contributed by atoms with E-state index in [-0.39, 0.29) is 35.7 Å². The molecule has 9 N–H and O–H groups in total. The van der Waals surface area contributed by atoms with Crippen molar-refractivity contribution in [2.75, 3.05) is 26.9 Å². The van der Waals surface area contributed by atoms with Gasteiger partial charge in [0.05, 0.1) is 43.4 Å². The number of hydrogen-bond donors (Lipinski definition) is 9. The first-order chi connectivity index (χ1) is 38.0. The van der Waals surface area contributed by atoms with Crippen molar-refractivity contribution < 1.29 is 117 Å². The third-order valence-corrected chi connectivity index (χ3v) is 20.6. The molecule has 0 radical (unpaired) electrons. The Morgan fingerprint density at radius 1 is 0.716 bits per heavy atom. The number of cyclic esters (lactones) is 1. The number of fused-ring (bicyclic) bond motifs is 4. The lowest BCUT2D eigenvalue weighted by atomic mass is 9.41. The van der Waals surface area contributed by atoms with Crippen molar-refractivity contribution in [3.8, 4) is 0 Å². The molecule has 462 valence electrons. The van der Waals surface area contributed by atoms with Gasteiger partial charge in [0.15, 0.2) is 30.8 Å². The van der Waals surface area contributed by atoms with Gasteiger partial charge in [-0.3, -0.25) is 14.4 Å². The normalized spacial score (nSPS) is 49.8. The standard InChI is InChI=1S/C57H90O24/c1-24(2)12-15-36(75-27(5)60)56(10)47-32(74-26(4)59)20-55(9)29-13-14-34-53(6,7)35(17-18-54(34,8)28(29)16-19-57(47,55)52(69)81-56)77-51-46(37(63)30(61)22-72-51)80-49-40(66)39(65)43(25(3)73-49)78-48-41(67)44(31(62)23-71-48)79-50-42(68)45(70-11)38(64)33(21-58)76-50/h16,24-25,29-51,58,61-68H,12-15,17-23H2,1-11H3/t25-,29-,30-,31-,32+,33-,34+,35+,36?,37+,38-,39-,40-,41-,42-,43-,44+,45+,46-,47-,48+,49+,50+,51+,54-,55+,56+,57-/m1/s1. The highest BCUT2D eigenvalue weighted by Gasteiger charge is 2.81. The minimum atomic E-state index is -1.86. The molecule has 81 heavy (non-hydrogen) atoms. The second-order valence-electron chi connectivity index (χ2n) is 26.2. The first-order valence-electron chi connectivity index (χ1n) is 29.0. The van der Waals surface area contributed by atoms with Gasteiger partial charge in [0, 0.05) is 21.0 Å². The van der Waals surface area contributed by atoms with Crippen LogP contribution in [0.15, 0.2) is 11.6 Å². The maximum Gasteiger partial charge on any atom is 0.314 e. The molecule has 5 heterocycles. The summed E-state index contributed by atoms with van der Waals surface area (Å²) in [6.07, 6.45) is -22.2. The third-order valence-electron chi connectivity index (χ3n) is 20.6. The highest BCUT2D eigenvalue weighted by Crippen LogP contribution is 2.76. The van der Waals surface area contributed by atoms with Crippen LogP contribution in [0.2, 0.25) is 0 Å². The molecule has 0 aromatic heterocycles. The lowest BCUT2D eigenvalue weighted by Gasteiger charge is -2.63. The van der Waals surface area contributed by atoms with Gasteiger partial charge >= 0.3 is 17.9 Å². The lowest BCUT2D eigenvalue weighted by molar-refractivity contribution is -0.382. The molecule has 9 rings (SSSR count). The number of carbonyl (C=O) groups is 3. The number of esters is 3. The zero-order chi connectivity index (χ0) is 59.2. The molecule has 3 saturated carbocycles. The summed E-state index contributed by atoms with van der Waals surface area (Å²) in [4.78, 5) is 40.5. The summed E-state index contributed by atoms with van der Waals surface area (Å²) in [5.74, 6) is -1.66. The first kappa shape index (κ1) is 62.9. The van der Waals surface area contributed by atoms with E-state index in [1.165, 1.54) is 33.5 Å². The van der Waals surface area contributed by atoms with Gasteiger partial charge in [-0.1, -0.05) is 53.2 Å². The van der Waals surface area contributed by atoms with Crippen molar-refractivity contribution >= 4 is 17.9 Å². The quantitative estimate of drug-likeness (QED) is 0.0437. The SMILES string of the molecule is CO[C@@H]1[C@@H](O)[C@H](O[C@@H]2[C@@H](O)[C@H](O[C@H]3[C@H](O)[C@@H](O)[C@H](O[C@H]4[C@H](O[C@H]5CC[C@]6(C)C7=CC[C@]89C(=O)O[C@@](C)(C(CCC(C)C)OC(C)=O)[C@H]8[C@@H](OC(C)=O)C[C@@]9(C)[C@@H]7CC[C@H]6C5(C)C)OC[C@@H](O)[C@@H]4O)O[C@@H]3C)OC[C@H]2O)O[C@H](CO)[C@H]1O. The summed E-state index contributed by atoms with van der Waals surface area (Å²) < 4.78 is 72.1. The first-order valence-corrected chi connectivity index (χ1v) is 29.0. The van der Waals surface area contributed by atoms with Gasteiger partial charge < -0.3 is 103 Å². The Balaban J connectivity index is 0.886. The molecule has 8 fully saturated rings. The average molecular weight is 1160 g/mol. The number of methoxy groups -OCH3 is 1. The molecule has 24 heteroatoms. The zero-order valence-corrected chi connectivity index (χ0v) is 48.4. The van der Waals surface area contributed by atoms with Crippen LogP contribution in [0.4, 0.5) is 0 Å². The molecular formula is C57H90O24. The summed E-state index contributed by atoms with van der Waals surface area (Å²) in [5.41, 5.74) is -2.71. The predicted octanol–water partition coefficient (Wildman–Crippen LogP) is 0.414. The molecule has 0 aromatic rings. The van der Waals surface area contributed by atoms with Gasteiger partial charge in [0.25, 0.3) is 0 Å². The summed E-state index contributed by atoms with van der Waals surface area (Å²) in [5, 5.41) is 98.9. The molecule has 5 saturated heterocycles. The highest BCUT2D eigenvalue weighted by molar-refractivity contribution is 5.84. The fourth-order valence-corrected chi connectivity index (χ4v) is 16.6. The Labute approximate surface area is 472 Å². The molecule has 1 spiro atoms. The van der Waals surface area contributed by atoms with Crippen molar-refractivity contribution in [2.24, 2.45) is 45.3 Å². The minimum absolute atomic E-state index is 0.0325. The van der Waals surface area contributed by atoms with Crippen molar-refractivity contribution in [1.82, 2.24) is 0 Å². The van der Waals surface area contributed by atoms with E-state index in [4.69, 9.17) is 56.8 Å². The maximum absolute atomic E-state index is 14.9. The number of ether oxygens (including phenoxy) is 12. The molecule has 0 bridgehead atoms. The molecule has 5 aliphatic heterocycles. The molecule has 0 aromatic carbocycles. The van der Waals surface area contributed by atoms with Crippen LogP contribution >= 0.6 is 0 Å². The molecular weight excluding hydrogens is 1070 g/mol. The van der Waals surface area contributed by atoms with E-state index in [2.05, 4.69) is 47.6 Å². The lowest BCUT2D eigenvalue weighted by Crippen LogP contribution is -2.65. The summed E-state index contributed by atoms with van der Waals surface area (Å²) in [6, 6.07) is 0. The van der Waals surface area contributed by atoms with Crippen LogP contribution in [-0.4, -0.2) is 225 Å². The molecule has 4 aliphatic carbocycles. The van der Waals surface area contributed by atoms with Crippen LogP contribution in [0.5, 0.6) is 0 Å². The van der Waals surface area contributed by atoms with Crippen molar-refractivity contribution in [1.29, 1.82) is 0 Å². The third kappa shape index (κ3) is 10.8. The van der Waals surface area contributed by atoms with Gasteiger partial charge in [0.1, 0.15) is 91.6 Å². The summed E-state index contributed by atoms with van der Waals surface area (Å²) in [7, 11) is 1.23. The van der Waals surface area contributed by atoms with Crippen LogP contribution in [0.3, 0.4) is 0 Å². The Kier molecular flexibility index (Phi) is 18.3. The number of allylic oxidation sites excluding steroid dienone is 2. The van der Waals surface area contributed by atoms with Gasteiger partial charge in [-0.15, -0.1) is 0 Å². The van der Waals surface area contributed by atoms with Crippen LogP contribution in [-0.2, 0) is 71.2 Å². The van der Waals surface area contributed by atoms with Gasteiger partial charge in [-0.25, -0.2) is 0 Å². The Morgan fingerprint density at radius 3 is 2.01 bits per heavy atom. The number of carbonyl (C=O) groups excluding carboxylic acids is 3. The number of hydrogen-bond acceptors (Lipinski definition) is 24. The Hall–Kier alpha value is -2.57. The predicted molar refractivity (Wildman–Crippen MR) is 276 cm³/mol. The molecule has 1 unspecified atom stereocenters. The average Bonchev–Trinajstić information content (AvgIpc) is 2.20. The van der Waals surface area contributed by atoms with E-state index in [1.807, 2.05) is 6.92 Å². The fraction of sp³-hybridized carbons (Fsp3) is 0.912. The van der Waals surface area contributed by atoms with Crippen LogP contribution in [0.25, 0.3) is 0 Å². The fourth-order valence-electron chi connectivity index (χ4n) is 16.6. The van der Waals surface area contributed by atoms with Crippen molar-refractivity contribution in [2.45, 2.75) is 255 Å². The van der Waals surface area contributed by atoms with Crippen LogP contribution < -0.4 is 0 Å². The van der Waals surface area contributed by atoms with Crippen molar-refractivity contribution in [3.05, 3.63) is 11.6 Å². The van der Waals surface area contributed by atoms with Crippen molar-refractivity contribution in [3.63, 3.8) is 0 Å². The Bertz CT molecular complexity index is 2290. The van der Waals surface area contributed by atoms with E-state index in [1.54, 1.807) is 0 Å². The minimum Gasteiger partial charge on any atom is -0.462 e. The molecule has 9 aliphatic rings. The monoisotopic (exact) mass is 1160 g/mol. The largest absolute Gasteiger partial charge is 0.462 e. The van der Waals surface area contributed by atoms with Gasteiger partial charge in [0.2, 0.25) is 0 Å². The van der Waals surface area contributed by atoms with E-state index in [0.29, 0.717) is 38.5 Å². The number of rotatable bonds is 16. The molecule has 28 atom stereocenters. The maximum atomic E-state index is 14.9. The van der Waals surface area contributed by atoms with Gasteiger partial charge in [-0.2, -0.15) is 0 Å². The molecule has 24 nitrogen and oxygen atoms in total. The zero-order valence-electron chi connectivity index (χ0n) is 48.4. The topological polar surface area (TPSA) is 344 Å². The van der Waals surface area contributed by atoms with Gasteiger partial charge in [-0.05, 0) is 99.2 Å². The summed E-state index contributed by atoms with van der Waals surface area (Å²) >= 11 is 0. The smallest absolute Gasteiger partial charge is 0.314 e. The second kappa shape index (κ2) is 23.6. The van der Waals surface area contributed by atoms with E-state index in [9.17, 15) is 60.3 Å². The van der Waals surface area contributed by atoms with E-state index >= 15 is 0 Å². The van der Waals surface area contributed by atoms with Crippen LogP contribution in [0, 0.1) is 45.3 Å². The molecule has 0 amide bonds. The second-order valence-corrected chi connectivity index (χ2v) is 26.2. The van der Waals surface area contributed by atoms with Crippen LogP contribution in [0.1, 0.15) is 121 Å². The Morgan fingerprint density at radius 2 is 1.36 bits per heavy atom. The summed E-state index contributed by atoms with van der Waals surface area (Å²) in [6.45, 7) is 17.5.